The van der Waals surface area contributed by atoms with Gasteiger partial charge in [0.05, 0.1) is 11.8 Å². The maximum absolute atomic E-state index is 11.4. The highest BCUT2D eigenvalue weighted by molar-refractivity contribution is 7.87. The van der Waals surface area contributed by atoms with Crippen LogP contribution in [0.15, 0.2) is 30.4 Å². The molecule has 3 aliphatic rings. The van der Waals surface area contributed by atoms with Crippen molar-refractivity contribution >= 4 is 16.0 Å². The van der Waals surface area contributed by atoms with E-state index < -0.39 is 10.3 Å². The lowest BCUT2D eigenvalue weighted by atomic mass is 9.55. The lowest BCUT2D eigenvalue weighted by Gasteiger charge is -2.50. The summed E-state index contributed by atoms with van der Waals surface area (Å²) in [6.07, 6.45) is 4.39. The molecule has 5 nitrogen and oxygen atoms in total. The highest BCUT2D eigenvalue weighted by Gasteiger charge is 2.56. The third kappa shape index (κ3) is 2.53. The molecule has 2 N–H and O–H groups in total. The van der Waals surface area contributed by atoms with Gasteiger partial charge >= 0.3 is 10.3 Å². The van der Waals surface area contributed by atoms with Gasteiger partial charge in [0.15, 0.2) is 0 Å². The smallest absolute Gasteiger partial charge is 0.359 e. The lowest BCUT2D eigenvalue weighted by molar-refractivity contribution is -0.0178. The van der Waals surface area contributed by atoms with Crippen LogP contribution in [0.4, 0.5) is 5.69 Å². The van der Waals surface area contributed by atoms with E-state index >= 15 is 0 Å². The molecular weight excluding hydrogens is 350 g/mol. The Hall–Kier alpha value is -1.37. The molecule has 0 aromatic heterocycles. The van der Waals surface area contributed by atoms with E-state index in [2.05, 4.69) is 13.5 Å². The van der Waals surface area contributed by atoms with E-state index in [1.54, 1.807) is 6.07 Å². The van der Waals surface area contributed by atoms with Gasteiger partial charge in [-0.3, -0.25) is 8.86 Å². The number of hydrogen-bond donors (Lipinski definition) is 2. The maximum Gasteiger partial charge on any atom is 0.359 e. The van der Waals surface area contributed by atoms with E-state index in [-0.39, 0.29) is 11.5 Å². The Kier molecular flexibility index (Phi) is 4.03. The van der Waals surface area contributed by atoms with Crippen LogP contribution in [0.25, 0.3) is 0 Å². The molecule has 0 saturated heterocycles. The molecule has 0 heterocycles. The molecule has 2 unspecified atom stereocenters. The van der Waals surface area contributed by atoms with E-state index in [1.165, 1.54) is 23.7 Å². The van der Waals surface area contributed by atoms with Gasteiger partial charge in [0, 0.05) is 12.5 Å². The molecule has 0 amide bonds. The summed E-state index contributed by atoms with van der Waals surface area (Å²) < 4.78 is 33.0. The number of fused-ring (bicyclic) bond motifs is 5. The molecule has 2 fully saturated rings. The monoisotopic (exact) mass is 377 g/mol. The SMILES string of the molecule is C=C1C[C@H](O)[C@@]2(C)CCC3c4ccc(N(C)S(=O)(=O)O)cc4CCC3[C@H]12. The molecule has 142 valence electrons. The average molecular weight is 378 g/mol. The molecule has 1 aromatic carbocycles. The van der Waals surface area contributed by atoms with Gasteiger partial charge in [0.1, 0.15) is 0 Å². The van der Waals surface area contributed by atoms with Gasteiger partial charge in [-0.25, -0.2) is 0 Å². The summed E-state index contributed by atoms with van der Waals surface area (Å²) in [5.74, 6) is 1.30. The van der Waals surface area contributed by atoms with Gasteiger partial charge in [-0.2, -0.15) is 8.42 Å². The van der Waals surface area contributed by atoms with Crippen LogP contribution >= 0.6 is 0 Å². The second-order valence-corrected chi connectivity index (χ2v) is 9.98. The van der Waals surface area contributed by atoms with Crippen LogP contribution in [0.2, 0.25) is 0 Å². The van der Waals surface area contributed by atoms with Crippen molar-refractivity contribution in [3.8, 4) is 0 Å². The van der Waals surface area contributed by atoms with Crippen LogP contribution in [0, 0.1) is 17.3 Å². The molecule has 0 radical (unpaired) electrons. The van der Waals surface area contributed by atoms with Crippen molar-refractivity contribution in [2.75, 3.05) is 11.4 Å². The van der Waals surface area contributed by atoms with Crippen LogP contribution in [0.3, 0.4) is 0 Å². The number of aliphatic hydroxyl groups excluding tert-OH is 1. The van der Waals surface area contributed by atoms with Crippen LogP contribution in [0.5, 0.6) is 0 Å². The zero-order valence-electron chi connectivity index (χ0n) is 15.4. The second kappa shape index (κ2) is 5.81. The molecule has 26 heavy (non-hydrogen) atoms. The molecule has 5 atom stereocenters. The Morgan fingerprint density at radius 3 is 2.73 bits per heavy atom. The predicted molar refractivity (Wildman–Crippen MR) is 102 cm³/mol. The van der Waals surface area contributed by atoms with Crippen LogP contribution in [-0.4, -0.2) is 31.2 Å². The van der Waals surface area contributed by atoms with Gasteiger partial charge in [0.2, 0.25) is 0 Å². The van der Waals surface area contributed by atoms with Crippen LogP contribution < -0.4 is 4.31 Å². The number of aliphatic hydroxyl groups is 1. The summed E-state index contributed by atoms with van der Waals surface area (Å²) in [6, 6.07) is 5.70. The first-order valence-electron chi connectivity index (χ1n) is 9.33. The van der Waals surface area contributed by atoms with Crippen molar-refractivity contribution in [3.63, 3.8) is 0 Å². The van der Waals surface area contributed by atoms with Gasteiger partial charge in [-0.1, -0.05) is 25.1 Å². The first-order valence-corrected chi connectivity index (χ1v) is 10.7. The third-order valence-electron chi connectivity index (χ3n) is 7.29. The van der Waals surface area contributed by atoms with E-state index in [1.807, 2.05) is 12.1 Å². The minimum Gasteiger partial charge on any atom is -0.392 e. The quantitative estimate of drug-likeness (QED) is 0.612. The van der Waals surface area contributed by atoms with Gasteiger partial charge in [0.25, 0.3) is 0 Å². The number of nitrogens with zero attached hydrogens (tertiary/aromatic N) is 1. The molecule has 0 spiro atoms. The van der Waals surface area contributed by atoms with E-state index in [4.69, 9.17) is 0 Å². The van der Waals surface area contributed by atoms with Gasteiger partial charge in [-0.15, -0.1) is 0 Å². The fraction of sp³-hybridized carbons (Fsp3) is 0.600. The van der Waals surface area contributed by atoms with E-state index in [9.17, 15) is 18.1 Å². The fourth-order valence-corrected chi connectivity index (χ4v) is 6.26. The molecule has 3 aliphatic carbocycles. The van der Waals surface area contributed by atoms with E-state index in [0.717, 1.165) is 36.4 Å². The number of aryl methyl sites for hydroxylation is 1. The van der Waals surface area contributed by atoms with Gasteiger partial charge in [-0.05, 0) is 73.1 Å². The van der Waals surface area contributed by atoms with Crippen molar-refractivity contribution < 1.29 is 18.1 Å². The normalized spacial score (nSPS) is 36.2. The standard InChI is InChI=1S/C20H27NO4S/c1-12-10-18(22)20(2)9-8-16-15-7-5-14(21(3)26(23,24)25)11-13(15)4-6-17(16)19(12)20/h5,7,11,16-19,22H,1,4,6,8-10H2,2-3H3,(H,23,24,25)/t16?,17?,18-,19-,20+/m0/s1. The highest BCUT2D eigenvalue weighted by atomic mass is 32.2. The number of hydrogen-bond acceptors (Lipinski definition) is 3. The lowest BCUT2D eigenvalue weighted by Crippen LogP contribution is -2.44. The van der Waals surface area contributed by atoms with Crippen LogP contribution in [-0.2, 0) is 16.7 Å². The first-order chi connectivity index (χ1) is 12.1. The summed E-state index contributed by atoms with van der Waals surface area (Å²) in [5.41, 5.74) is 4.10. The van der Waals surface area contributed by atoms with Crippen molar-refractivity contribution in [2.24, 2.45) is 17.3 Å². The summed E-state index contributed by atoms with van der Waals surface area (Å²) in [4.78, 5) is 0. The van der Waals surface area contributed by atoms with Crippen molar-refractivity contribution in [2.45, 2.75) is 51.0 Å². The number of benzene rings is 1. The number of rotatable bonds is 2. The summed E-state index contributed by atoms with van der Waals surface area (Å²) in [6.45, 7) is 6.50. The molecular formula is C20H27NO4S. The summed E-state index contributed by atoms with van der Waals surface area (Å²) in [5, 5.41) is 10.6. The highest BCUT2D eigenvalue weighted by Crippen LogP contribution is 2.62. The van der Waals surface area contributed by atoms with Crippen LogP contribution in [0.1, 0.15) is 49.7 Å². The third-order valence-corrected chi connectivity index (χ3v) is 8.19. The molecule has 0 aliphatic heterocycles. The van der Waals surface area contributed by atoms with Crippen molar-refractivity contribution in [1.82, 2.24) is 0 Å². The Morgan fingerprint density at radius 1 is 1.31 bits per heavy atom. The molecule has 1 aromatic rings. The fourth-order valence-electron chi connectivity index (χ4n) is 5.88. The minimum atomic E-state index is -4.25. The maximum atomic E-state index is 11.4. The Bertz CT molecular complexity index is 865. The van der Waals surface area contributed by atoms with Gasteiger partial charge < -0.3 is 5.11 Å². The molecule has 4 rings (SSSR count). The Balaban J connectivity index is 1.69. The molecule has 2 saturated carbocycles. The number of anilines is 1. The Morgan fingerprint density at radius 2 is 2.04 bits per heavy atom. The summed E-state index contributed by atoms with van der Waals surface area (Å²) in [7, 11) is -2.89. The van der Waals surface area contributed by atoms with Crippen molar-refractivity contribution in [3.05, 3.63) is 41.5 Å². The largest absolute Gasteiger partial charge is 0.392 e. The Labute approximate surface area is 155 Å². The molecule has 6 heteroatoms. The predicted octanol–water partition coefficient (Wildman–Crippen LogP) is 3.31. The van der Waals surface area contributed by atoms with E-state index in [0.29, 0.717) is 23.4 Å². The molecule has 0 bridgehead atoms. The van der Waals surface area contributed by atoms with Crippen molar-refractivity contribution in [1.29, 1.82) is 0 Å². The zero-order valence-corrected chi connectivity index (χ0v) is 16.2. The first kappa shape index (κ1) is 18.0. The second-order valence-electron chi connectivity index (χ2n) is 8.54. The summed E-state index contributed by atoms with van der Waals surface area (Å²) >= 11 is 0. The topological polar surface area (TPSA) is 77.8 Å². The minimum absolute atomic E-state index is 0.0547. The average Bonchev–Trinajstić information content (AvgIpc) is 2.81. The zero-order chi connectivity index (χ0) is 18.9.